The molecule has 1 aromatic carbocycles. The molecule has 0 saturated heterocycles. The first-order valence-corrected chi connectivity index (χ1v) is 4.84. The molecule has 88 valence electrons. The Bertz CT molecular complexity index is 494. The van der Waals surface area contributed by atoms with Crippen LogP contribution in [0.25, 0.3) is 16.5 Å². The molecule has 0 aromatic heterocycles. The molecule has 6 heteroatoms. The maximum absolute atomic E-state index is 13.1. The van der Waals surface area contributed by atoms with Crippen LogP contribution in [0.1, 0.15) is 22.3 Å². The number of azide groups is 1. The highest BCUT2D eigenvalue weighted by atomic mass is 19.1. The van der Waals surface area contributed by atoms with Gasteiger partial charge in [-0.25, -0.2) is 4.39 Å². The second kappa shape index (κ2) is 6.30. The second-order valence-corrected chi connectivity index (χ2v) is 3.20. The zero-order chi connectivity index (χ0) is 12.7. The minimum absolute atomic E-state index is 0.0975. The molecule has 0 bridgehead atoms. The van der Waals surface area contributed by atoms with Crippen molar-refractivity contribution in [2.24, 2.45) is 5.11 Å². The van der Waals surface area contributed by atoms with Crippen LogP contribution in [0.2, 0.25) is 0 Å². The molecule has 1 rings (SSSR count). The Kier molecular flexibility index (Phi) is 4.72. The summed E-state index contributed by atoms with van der Waals surface area (Å²) in [6, 6.07) is 2.49. The van der Waals surface area contributed by atoms with Gasteiger partial charge in [0.25, 0.3) is 0 Å². The van der Waals surface area contributed by atoms with Gasteiger partial charge in [0.2, 0.25) is 0 Å². The first-order valence-electron chi connectivity index (χ1n) is 4.84. The molecule has 0 heterocycles. The van der Waals surface area contributed by atoms with E-state index in [1.54, 1.807) is 12.2 Å². The Morgan fingerprint density at radius 2 is 2.29 bits per heavy atom. The highest BCUT2D eigenvalue weighted by Gasteiger charge is 2.07. The van der Waals surface area contributed by atoms with Crippen LogP contribution in [0.5, 0.6) is 5.75 Å². The standard InChI is InChI=1S/C11H10FN3O2/c12-10-6-8(3-1-2-4-14-15-13)5-9(7-16)11(10)17/h1,3,5-7,17H,2,4H2. The van der Waals surface area contributed by atoms with Crippen molar-refractivity contribution in [3.05, 3.63) is 45.6 Å². The summed E-state index contributed by atoms with van der Waals surface area (Å²) in [4.78, 5) is 13.1. The molecule has 0 aliphatic carbocycles. The van der Waals surface area contributed by atoms with E-state index in [1.165, 1.54) is 6.07 Å². The van der Waals surface area contributed by atoms with E-state index < -0.39 is 11.6 Å². The van der Waals surface area contributed by atoms with E-state index in [-0.39, 0.29) is 5.56 Å². The summed E-state index contributed by atoms with van der Waals surface area (Å²) in [5.41, 5.74) is 8.40. The van der Waals surface area contributed by atoms with Crippen molar-refractivity contribution in [1.82, 2.24) is 0 Å². The summed E-state index contributed by atoms with van der Waals surface area (Å²) in [6.07, 6.45) is 4.18. The third-order valence-corrected chi connectivity index (χ3v) is 2.01. The van der Waals surface area contributed by atoms with Crippen molar-refractivity contribution in [2.45, 2.75) is 6.42 Å². The molecule has 0 unspecified atom stereocenters. The number of aldehydes is 1. The van der Waals surface area contributed by atoms with Gasteiger partial charge in [-0.1, -0.05) is 17.3 Å². The number of phenols is 1. The summed E-state index contributed by atoms with van der Waals surface area (Å²) in [5.74, 6) is -1.49. The number of hydrogen-bond donors (Lipinski definition) is 1. The van der Waals surface area contributed by atoms with Crippen molar-refractivity contribution in [2.75, 3.05) is 6.54 Å². The lowest BCUT2D eigenvalue weighted by Crippen LogP contribution is -1.88. The molecule has 0 radical (unpaired) electrons. The van der Waals surface area contributed by atoms with Crippen LogP contribution in [0, 0.1) is 5.82 Å². The largest absolute Gasteiger partial charge is 0.504 e. The second-order valence-electron chi connectivity index (χ2n) is 3.20. The van der Waals surface area contributed by atoms with E-state index in [1.807, 2.05) is 0 Å². The van der Waals surface area contributed by atoms with Gasteiger partial charge in [0.15, 0.2) is 17.9 Å². The lowest BCUT2D eigenvalue weighted by atomic mass is 10.1. The van der Waals surface area contributed by atoms with Gasteiger partial charge >= 0.3 is 0 Å². The molecule has 0 saturated carbocycles. The van der Waals surface area contributed by atoms with Gasteiger partial charge in [-0.3, -0.25) is 4.79 Å². The molecular weight excluding hydrogens is 225 g/mol. The maximum atomic E-state index is 13.1. The lowest BCUT2D eigenvalue weighted by Gasteiger charge is -2.01. The Morgan fingerprint density at radius 3 is 2.94 bits per heavy atom. The molecule has 5 nitrogen and oxygen atoms in total. The monoisotopic (exact) mass is 235 g/mol. The summed E-state index contributed by atoms with van der Waals surface area (Å²) in [5, 5.41) is 12.5. The van der Waals surface area contributed by atoms with E-state index in [2.05, 4.69) is 10.0 Å². The fourth-order valence-corrected chi connectivity index (χ4v) is 1.22. The highest BCUT2D eigenvalue weighted by molar-refractivity contribution is 5.80. The van der Waals surface area contributed by atoms with Crippen LogP contribution < -0.4 is 0 Å². The van der Waals surface area contributed by atoms with Crippen molar-refractivity contribution in [1.29, 1.82) is 0 Å². The van der Waals surface area contributed by atoms with E-state index in [9.17, 15) is 14.3 Å². The molecule has 1 N–H and O–H groups in total. The molecule has 0 amide bonds. The van der Waals surface area contributed by atoms with Crippen molar-refractivity contribution < 1.29 is 14.3 Å². The van der Waals surface area contributed by atoms with Gasteiger partial charge in [-0.05, 0) is 29.6 Å². The number of rotatable bonds is 5. The van der Waals surface area contributed by atoms with Gasteiger partial charge in [-0.15, -0.1) is 0 Å². The smallest absolute Gasteiger partial charge is 0.166 e. The molecule has 0 spiro atoms. The number of carbonyl (C=O) groups excluding carboxylic acids is 1. The number of halogens is 1. The Morgan fingerprint density at radius 1 is 1.53 bits per heavy atom. The zero-order valence-electron chi connectivity index (χ0n) is 8.88. The van der Waals surface area contributed by atoms with Gasteiger partial charge in [-0.2, -0.15) is 0 Å². The SMILES string of the molecule is [N-]=[N+]=NCCC=Cc1cc(F)c(O)c(C=O)c1. The van der Waals surface area contributed by atoms with Gasteiger partial charge in [0.05, 0.1) is 5.56 Å². The van der Waals surface area contributed by atoms with Crippen LogP contribution in [0.15, 0.2) is 23.3 Å². The van der Waals surface area contributed by atoms with E-state index >= 15 is 0 Å². The summed E-state index contributed by atoms with van der Waals surface area (Å²) < 4.78 is 13.1. The van der Waals surface area contributed by atoms with Crippen LogP contribution in [-0.4, -0.2) is 17.9 Å². The van der Waals surface area contributed by atoms with E-state index in [0.717, 1.165) is 6.07 Å². The average molecular weight is 235 g/mol. The predicted octanol–water partition coefficient (Wildman–Crippen LogP) is 3.06. The van der Waals surface area contributed by atoms with Crippen LogP contribution in [-0.2, 0) is 0 Å². The quantitative estimate of drug-likeness (QED) is 0.279. The molecule has 1 aromatic rings. The Hall–Kier alpha value is -2.33. The minimum atomic E-state index is -0.843. The fraction of sp³-hybridized carbons (Fsp3) is 0.182. The molecular formula is C11H10FN3O2. The highest BCUT2D eigenvalue weighted by Crippen LogP contribution is 2.22. The summed E-state index contributed by atoms with van der Waals surface area (Å²) in [6.45, 7) is 0.314. The topological polar surface area (TPSA) is 86.1 Å². The molecule has 0 fully saturated rings. The predicted molar refractivity (Wildman–Crippen MR) is 61.1 cm³/mol. The number of benzene rings is 1. The van der Waals surface area contributed by atoms with Crippen LogP contribution >= 0.6 is 0 Å². The number of phenolic OH excluding ortho intramolecular Hbond substituents is 1. The van der Waals surface area contributed by atoms with Gasteiger partial charge in [0.1, 0.15) is 0 Å². The summed E-state index contributed by atoms with van der Waals surface area (Å²) in [7, 11) is 0. The third-order valence-electron chi connectivity index (χ3n) is 2.01. The lowest BCUT2D eigenvalue weighted by molar-refractivity contribution is 0.112. The van der Waals surface area contributed by atoms with Crippen molar-refractivity contribution in [3.63, 3.8) is 0 Å². The minimum Gasteiger partial charge on any atom is -0.504 e. The fourth-order valence-electron chi connectivity index (χ4n) is 1.22. The zero-order valence-corrected chi connectivity index (χ0v) is 8.88. The van der Waals surface area contributed by atoms with Crippen LogP contribution in [0.4, 0.5) is 4.39 Å². The van der Waals surface area contributed by atoms with Gasteiger partial charge < -0.3 is 5.11 Å². The normalized spacial score (nSPS) is 10.2. The third kappa shape index (κ3) is 3.62. The Balaban J connectivity index is 2.81. The number of hydrogen-bond acceptors (Lipinski definition) is 3. The first kappa shape index (κ1) is 12.7. The molecule has 17 heavy (non-hydrogen) atoms. The summed E-state index contributed by atoms with van der Waals surface area (Å²) >= 11 is 0. The van der Waals surface area contributed by atoms with Crippen molar-refractivity contribution >= 4 is 12.4 Å². The number of nitrogens with zero attached hydrogens (tertiary/aromatic N) is 3. The van der Waals surface area contributed by atoms with E-state index in [4.69, 9.17) is 5.53 Å². The van der Waals surface area contributed by atoms with Gasteiger partial charge in [0, 0.05) is 11.5 Å². The van der Waals surface area contributed by atoms with E-state index in [0.29, 0.717) is 24.8 Å². The molecule has 0 aliphatic heterocycles. The number of carbonyl (C=O) groups is 1. The average Bonchev–Trinajstić information content (AvgIpc) is 2.33. The van der Waals surface area contributed by atoms with Crippen LogP contribution in [0.3, 0.4) is 0 Å². The molecule has 0 aliphatic rings. The maximum Gasteiger partial charge on any atom is 0.166 e. The first-order chi connectivity index (χ1) is 8.19. The van der Waals surface area contributed by atoms with Crippen molar-refractivity contribution in [3.8, 4) is 5.75 Å². The molecule has 0 atom stereocenters. The Labute approximate surface area is 96.8 Å². The number of aromatic hydroxyl groups is 1.